The van der Waals surface area contributed by atoms with Gasteiger partial charge >= 0.3 is 6.03 Å². The van der Waals surface area contributed by atoms with Crippen LogP contribution in [0.25, 0.3) is 0 Å². The van der Waals surface area contributed by atoms with E-state index in [9.17, 15) is 14.1 Å². The van der Waals surface area contributed by atoms with Crippen LogP contribution in [0.5, 0.6) is 0 Å². The number of nitrogens with one attached hydrogen (secondary N) is 1. The summed E-state index contributed by atoms with van der Waals surface area (Å²) in [5, 5.41) is 3.59. The van der Waals surface area contributed by atoms with E-state index in [1.807, 2.05) is 13.1 Å². The van der Waals surface area contributed by atoms with Crippen LogP contribution in [-0.2, 0) is 21.5 Å². The smallest absolute Gasteiger partial charge is 0.321 e. The molecule has 1 aliphatic carbocycles. The van der Waals surface area contributed by atoms with E-state index in [1.165, 1.54) is 5.56 Å². The second kappa shape index (κ2) is 9.61. The van der Waals surface area contributed by atoms with Crippen LogP contribution < -0.4 is 5.32 Å². The Bertz CT molecular complexity index is 805. The van der Waals surface area contributed by atoms with Gasteiger partial charge in [-0.1, -0.05) is 48.4 Å². The lowest BCUT2D eigenvalue weighted by Crippen LogP contribution is -2.55. The lowest BCUT2D eigenvalue weighted by Gasteiger charge is -2.48. The molecule has 1 spiro atoms. The van der Waals surface area contributed by atoms with Crippen molar-refractivity contribution in [2.75, 3.05) is 51.3 Å². The Hall–Kier alpha value is -1.77. The minimum atomic E-state index is -0.819. The Morgan fingerprint density at radius 3 is 2.38 bits per heavy atom. The highest BCUT2D eigenvalue weighted by atomic mass is 32.2. The summed E-state index contributed by atoms with van der Waals surface area (Å²) in [4.78, 5) is 31.8. The molecule has 2 heterocycles. The monoisotopic (exact) mass is 460 g/mol. The third-order valence-electron chi connectivity index (χ3n) is 7.70. The molecule has 0 bridgehead atoms. The van der Waals surface area contributed by atoms with Crippen molar-refractivity contribution >= 4 is 23.1 Å². The fraction of sp³-hybridized carbons (Fsp3) is 0.667. The zero-order chi connectivity index (χ0) is 22.8. The van der Waals surface area contributed by atoms with Gasteiger partial charge in [0, 0.05) is 18.6 Å². The SMILES string of the molecule is CCCN1C(=O)N(CC(=O)N2CC[S+]([O-])CC2)C[C@]12CC[C@@](NC)(c1ccccc1)CC2. The Kier molecular flexibility index (Phi) is 7.03. The molecule has 0 atom stereocenters. The summed E-state index contributed by atoms with van der Waals surface area (Å²) < 4.78 is 11.6. The highest BCUT2D eigenvalue weighted by Gasteiger charge is 2.53. The van der Waals surface area contributed by atoms with Gasteiger partial charge in [0.15, 0.2) is 0 Å². The molecule has 1 aromatic carbocycles. The number of hydrogen-bond donors (Lipinski definition) is 1. The van der Waals surface area contributed by atoms with Crippen molar-refractivity contribution in [2.45, 2.75) is 50.1 Å². The molecular weight excluding hydrogens is 424 g/mol. The fourth-order valence-electron chi connectivity index (χ4n) is 5.72. The van der Waals surface area contributed by atoms with Crippen LogP contribution in [0.2, 0.25) is 0 Å². The predicted molar refractivity (Wildman–Crippen MR) is 127 cm³/mol. The average Bonchev–Trinajstić information content (AvgIpc) is 3.06. The summed E-state index contributed by atoms with van der Waals surface area (Å²) in [6.45, 7) is 4.63. The molecule has 1 aromatic rings. The summed E-state index contributed by atoms with van der Waals surface area (Å²) in [6, 6.07) is 10.6. The molecule has 1 saturated carbocycles. The van der Waals surface area contributed by atoms with Gasteiger partial charge in [0.1, 0.15) is 18.1 Å². The molecule has 7 nitrogen and oxygen atoms in total. The predicted octanol–water partition coefficient (Wildman–Crippen LogP) is 2.15. The first kappa shape index (κ1) is 23.4. The van der Waals surface area contributed by atoms with Crippen molar-refractivity contribution in [3.63, 3.8) is 0 Å². The number of carbonyl (C=O) groups is 2. The van der Waals surface area contributed by atoms with Crippen molar-refractivity contribution < 1.29 is 14.1 Å². The van der Waals surface area contributed by atoms with Gasteiger partial charge in [0.05, 0.1) is 18.6 Å². The van der Waals surface area contributed by atoms with E-state index in [-0.39, 0.29) is 29.6 Å². The van der Waals surface area contributed by atoms with Gasteiger partial charge in [-0.15, -0.1) is 0 Å². The maximum absolute atomic E-state index is 13.4. The van der Waals surface area contributed by atoms with E-state index < -0.39 is 11.2 Å². The average molecular weight is 461 g/mol. The molecule has 3 aliphatic rings. The maximum Gasteiger partial charge on any atom is 0.321 e. The van der Waals surface area contributed by atoms with Crippen molar-refractivity contribution in [2.24, 2.45) is 0 Å². The third-order valence-corrected chi connectivity index (χ3v) is 8.98. The van der Waals surface area contributed by atoms with E-state index in [4.69, 9.17) is 0 Å². The van der Waals surface area contributed by atoms with Gasteiger partial charge in [-0.25, -0.2) is 4.79 Å². The molecule has 8 heteroatoms. The van der Waals surface area contributed by atoms with E-state index in [0.717, 1.165) is 38.6 Å². The number of nitrogens with zero attached hydrogens (tertiary/aromatic N) is 3. The number of benzene rings is 1. The molecule has 2 aliphatic heterocycles. The van der Waals surface area contributed by atoms with Crippen molar-refractivity contribution in [1.82, 2.24) is 20.0 Å². The summed E-state index contributed by atoms with van der Waals surface area (Å²) in [5.74, 6) is 1.06. The van der Waals surface area contributed by atoms with Crippen LogP contribution >= 0.6 is 0 Å². The third kappa shape index (κ3) is 4.37. The molecule has 2 saturated heterocycles. The Morgan fingerprint density at radius 2 is 1.78 bits per heavy atom. The molecule has 1 N–H and O–H groups in total. The van der Waals surface area contributed by atoms with Gasteiger partial charge < -0.3 is 24.6 Å². The first-order valence-electron chi connectivity index (χ1n) is 11.9. The summed E-state index contributed by atoms with van der Waals surface area (Å²) in [7, 11) is 2.03. The van der Waals surface area contributed by atoms with Crippen LogP contribution in [0.15, 0.2) is 30.3 Å². The lowest BCUT2D eigenvalue weighted by molar-refractivity contribution is -0.131. The fourth-order valence-corrected chi connectivity index (χ4v) is 6.77. The molecule has 3 fully saturated rings. The summed E-state index contributed by atoms with van der Waals surface area (Å²) in [6.07, 6.45) is 4.66. The van der Waals surface area contributed by atoms with Crippen LogP contribution in [-0.4, -0.2) is 88.0 Å². The molecular formula is C24H36N4O3S. The van der Waals surface area contributed by atoms with Gasteiger partial charge in [-0.2, -0.15) is 0 Å². The van der Waals surface area contributed by atoms with E-state index in [1.54, 1.807) is 9.80 Å². The lowest BCUT2D eigenvalue weighted by atomic mass is 9.69. The zero-order valence-corrected chi connectivity index (χ0v) is 20.2. The minimum Gasteiger partial charge on any atom is -0.616 e. The first-order chi connectivity index (χ1) is 15.4. The highest BCUT2D eigenvalue weighted by molar-refractivity contribution is 7.91. The Morgan fingerprint density at radius 1 is 1.12 bits per heavy atom. The largest absolute Gasteiger partial charge is 0.616 e. The van der Waals surface area contributed by atoms with Gasteiger partial charge in [0.25, 0.3) is 0 Å². The van der Waals surface area contributed by atoms with Crippen LogP contribution in [0.4, 0.5) is 4.79 Å². The van der Waals surface area contributed by atoms with Crippen LogP contribution in [0.3, 0.4) is 0 Å². The second-order valence-electron chi connectivity index (χ2n) is 9.44. The molecule has 176 valence electrons. The zero-order valence-electron chi connectivity index (χ0n) is 19.3. The van der Waals surface area contributed by atoms with E-state index in [2.05, 4.69) is 41.4 Å². The van der Waals surface area contributed by atoms with Crippen LogP contribution in [0, 0.1) is 0 Å². The molecule has 4 rings (SSSR count). The molecule has 0 radical (unpaired) electrons. The van der Waals surface area contributed by atoms with E-state index in [0.29, 0.717) is 31.1 Å². The van der Waals surface area contributed by atoms with Crippen molar-refractivity contribution in [3.05, 3.63) is 35.9 Å². The van der Waals surface area contributed by atoms with Crippen LogP contribution in [0.1, 0.15) is 44.6 Å². The standard InChI is InChI=1S/C24H36N4O3S/c1-3-13-28-22(30)27(18-21(29)26-14-16-32(31)17-15-26)19-23(28)9-11-24(25-2,12-10-23)20-7-5-4-6-8-20/h4-8,25H,3,9-19H2,1-2H3/t23-,24+. The quantitative estimate of drug-likeness (QED) is 0.660. The van der Waals surface area contributed by atoms with Crippen molar-refractivity contribution in [1.29, 1.82) is 0 Å². The minimum absolute atomic E-state index is 0.00236. The van der Waals surface area contributed by atoms with Gasteiger partial charge in [-0.3, -0.25) is 4.79 Å². The number of hydrogen-bond acceptors (Lipinski definition) is 4. The Balaban J connectivity index is 1.47. The Labute approximate surface area is 194 Å². The summed E-state index contributed by atoms with van der Waals surface area (Å²) in [5.41, 5.74) is 1.03. The highest BCUT2D eigenvalue weighted by Crippen LogP contribution is 2.46. The van der Waals surface area contributed by atoms with Gasteiger partial charge in [-0.05, 0) is 44.7 Å². The maximum atomic E-state index is 13.4. The number of carbonyl (C=O) groups excluding carboxylic acids is 2. The molecule has 0 aromatic heterocycles. The molecule has 3 amide bonds. The second-order valence-corrected chi connectivity index (χ2v) is 11.1. The first-order valence-corrected chi connectivity index (χ1v) is 13.4. The number of amides is 3. The number of rotatable bonds is 6. The van der Waals surface area contributed by atoms with Crippen molar-refractivity contribution in [3.8, 4) is 0 Å². The molecule has 0 unspecified atom stereocenters. The topological polar surface area (TPSA) is 79.0 Å². The van der Waals surface area contributed by atoms with E-state index >= 15 is 0 Å². The normalized spacial score (nSPS) is 29.2. The molecule has 32 heavy (non-hydrogen) atoms. The number of urea groups is 1. The van der Waals surface area contributed by atoms with Gasteiger partial charge in [0.2, 0.25) is 5.91 Å². The summed E-state index contributed by atoms with van der Waals surface area (Å²) >= 11 is -0.819.